The van der Waals surface area contributed by atoms with Crippen LogP contribution in [0, 0.1) is 12.7 Å². The highest BCUT2D eigenvalue weighted by Crippen LogP contribution is 2.24. The van der Waals surface area contributed by atoms with Gasteiger partial charge in [0.2, 0.25) is 0 Å². The fourth-order valence-corrected chi connectivity index (χ4v) is 3.06. The first-order chi connectivity index (χ1) is 11.0. The fourth-order valence-electron chi connectivity index (χ4n) is 2.75. The lowest BCUT2D eigenvalue weighted by atomic mass is 10.2. The van der Waals surface area contributed by atoms with Crippen molar-refractivity contribution in [3.63, 3.8) is 0 Å². The number of aliphatic hydroxyl groups is 1. The molecule has 1 aliphatic heterocycles. The van der Waals surface area contributed by atoms with Gasteiger partial charge in [-0.15, -0.1) is 0 Å². The monoisotopic (exact) mass is 337 g/mol. The number of hydrogen-bond acceptors (Lipinski definition) is 3. The summed E-state index contributed by atoms with van der Waals surface area (Å²) in [6.07, 6.45) is 0.0962. The Hall–Kier alpha value is -1.92. The second kappa shape index (κ2) is 6.29. The fraction of sp³-hybridized carbons (Fsp3) is 0.375. The largest absolute Gasteiger partial charge is 0.391 e. The number of carbonyl (C=O) groups is 1. The summed E-state index contributed by atoms with van der Waals surface area (Å²) >= 11 is 6.34. The number of rotatable bonds is 3. The topological polar surface area (TPSA) is 58.4 Å². The Bertz CT molecular complexity index is 730. The van der Waals surface area contributed by atoms with Crippen molar-refractivity contribution in [2.45, 2.75) is 26.0 Å². The van der Waals surface area contributed by atoms with Gasteiger partial charge in [0, 0.05) is 13.1 Å². The molecule has 5 nitrogen and oxygen atoms in total. The van der Waals surface area contributed by atoms with Crippen LogP contribution in [0.4, 0.5) is 4.39 Å². The quantitative estimate of drug-likeness (QED) is 0.934. The molecule has 1 saturated heterocycles. The summed E-state index contributed by atoms with van der Waals surface area (Å²) in [7, 11) is 0. The molecule has 0 spiro atoms. The van der Waals surface area contributed by atoms with Crippen LogP contribution in [-0.4, -0.2) is 44.9 Å². The molecule has 7 heteroatoms. The Kier molecular flexibility index (Phi) is 4.37. The van der Waals surface area contributed by atoms with Crippen LogP contribution in [0.1, 0.15) is 28.0 Å². The van der Waals surface area contributed by atoms with E-state index < -0.39 is 6.10 Å². The van der Waals surface area contributed by atoms with E-state index >= 15 is 0 Å². The van der Waals surface area contributed by atoms with E-state index in [1.54, 1.807) is 24.0 Å². The van der Waals surface area contributed by atoms with Gasteiger partial charge in [-0.25, -0.2) is 9.07 Å². The molecule has 0 saturated carbocycles. The van der Waals surface area contributed by atoms with Crippen molar-refractivity contribution < 1.29 is 14.3 Å². The number of β-amino-alcohol motifs (C(OH)–C–C–N with tert-alkyl or cyclic N) is 1. The maximum absolute atomic E-state index is 13.0. The molecule has 1 aromatic carbocycles. The Labute approximate surface area is 138 Å². The lowest BCUT2D eigenvalue weighted by Gasteiger charge is -2.15. The van der Waals surface area contributed by atoms with Crippen LogP contribution < -0.4 is 0 Å². The number of amides is 1. The molecular weight excluding hydrogens is 321 g/mol. The first kappa shape index (κ1) is 16.0. The molecule has 1 aromatic heterocycles. The molecule has 1 fully saturated rings. The summed E-state index contributed by atoms with van der Waals surface area (Å²) in [6.45, 7) is 2.92. The zero-order valence-electron chi connectivity index (χ0n) is 12.7. The van der Waals surface area contributed by atoms with Gasteiger partial charge in [-0.3, -0.25) is 4.79 Å². The number of hydrogen-bond donors (Lipinski definition) is 1. The Morgan fingerprint density at radius 1 is 1.43 bits per heavy atom. The average Bonchev–Trinajstić information content (AvgIpc) is 3.05. The molecule has 3 rings (SSSR count). The lowest BCUT2D eigenvalue weighted by Crippen LogP contribution is -2.30. The molecule has 0 unspecified atom stereocenters. The maximum atomic E-state index is 13.0. The highest BCUT2D eigenvalue weighted by molar-refractivity contribution is 6.33. The van der Waals surface area contributed by atoms with Crippen LogP contribution in [0.15, 0.2) is 24.3 Å². The Morgan fingerprint density at radius 3 is 2.74 bits per heavy atom. The molecule has 2 aromatic rings. The van der Waals surface area contributed by atoms with E-state index in [1.807, 2.05) is 0 Å². The van der Waals surface area contributed by atoms with E-state index in [0.717, 1.165) is 5.56 Å². The molecule has 0 radical (unpaired) electrons. The number of likely N-dealkylation sites (tertiary alicyclic amines) is 1. The summed E-state index contributed by atoms with van der Waals surface area (Å²) < 4.78 is 14.5. The normalized spacial score (nSPS) is 17.7. The molecule has 1 amide bonds. The predicted octanol–water partition coefficient (Wildman–Crippen LogP) is 2.24. The van der Waals surface area contributed by atoms with Gasteiger partial charge in [-0.2, -0.15) is 5.10 Å². The molecule has 0 bridgehead atoms. The number of aliphatic hydroxyl groups excluding tert-OH is 1. The Morgan fingerprint density at radius 2 is 2.13 bits per heavy atom. The van der Waals surface area contributed by atoms with Crippen LogP contribution >= 0.6 is 11.6 Å². The third kappa shape index (κ3) is 3.23. The van der Waals surface area contributed by atoms with Gasteiger partial charge >= 0.3 is 0 Å². The van der Waals surface area contributed by atoms with Crippen molar-refractivity contribution in [1.82, 2.24) is 14.7 Å². The standard InChI is InChI=1S/C16H17ClFN3O2/c1-10-14(16(23)20-7-6-13(22)9-20)15(17)21(19-10)8-11-2-4-12(18)5-3-11/h2-5,13,22H,6-9H2,1H3/t13-/m1/s1. The molecule has 2 heterocycles. The van der Waals surface area contributed by atoms with Gasteiger partial charge in [-0.1, -0.05) is 23.7 Å². The molecule has 1 aliphatic rings. The van der Waals surface area contributed by atoms with Crippen LogP contribution in [0.2, 0.25) is 5.15 Å². The lowest BCUT2D eigenvalue weighted by molar-refractivity contribution is 0.0764. The minimum atomic E-state index is -0.479. The van der Waals surface area contributed by atoms with E-state index in [9.17, 15) is 14.3 Å². The van der Waals surface area contributed by atoms with E-state index in [0.29, 0.717) is 37.3 Å². The molecule has 0 aliphatic carbocycles. The van der Waals surface area contributed by atoms with Gasteiger partial charge < -0.3 is 10.0 Å². The first-order valence-corrected chi connectivity index (χ1v) is 7.78. The number of nitrogens with zero attached hydrogens (tertiary/aromatic N) is 3. The van der Waals surface area contributed by atoms with Crippen LogP contribution in [-0.2, 0) is 6.54 Å². The van der Waals surface area contributed by atoms with Crippen molar-refractivity contribution in [2.75, 3.05) is 13.1 Å². The van der Waals surface area contributed by atoms with Crippen LogP contribution in [0.3, 0.4) is 0 Å². The summed E-state index contributed by atoms with van der Waals surface area (Å²) in [4.78, 5) is 14.2. The second-order valence-corrected chi connectivity index (χ2v) is 6.09. The molecule has 1 atom stereocenters. The number of aryl methyl sites for hydroxylation is 1. The van der Waals surface area contributed by atoms with Gasteiger partial charge in [0.25, 0.3) is 5.91 Å². The van der Waals surface area contributed by atoms with E-state index in [4.69, 9.17) is 11.6 Å². The highest BCUT2D eigenvalue weighted by atomic mass is 35.5. The molecular formula is C16H17ClFN3O2. The number of aromatic nitrogens is 2. The van der Waals surface area contributed by atoms with Crippen LogP contribution in [0.5, 0.6) is 0 Å². The van der Waals surface area contributed by atoms with E-state index in [1.165, 1.54) is 16.8 Å². The zero-order chi connectivity index (χ0) is 16.6. The number of halogens is 2. The SMILES string of the molecule is Cc1nn(Cc2ccc(F)cc2)c(Cl)c1C(=O)N1CC[C@@H](O)C1. The first-order valence-electron chi connectivity index (χ1n) is 7.40. The molecule has 23 heavy (non-hydrogen) atoms. The summed E-state index contributed by atoms with van der Waals surface area (Å²) in [6, 6.07) is 6.05. The van der Waals surface area contributed by atoms with Crippen molar-refractivity contribution in [1.29, 1.82) is 0 Å². The smallest absolute Gasteiger partial charge is 0.258 e. The minimum absolute atomic E-state index is 0.214. The highest BCUT2D eigenvalue weighted by Gasteiger charge is 2.30. The molecule has 122 valence electrons. The van der Waals surface area contributed by atoms with Crippen molar-refractivity contribution >= 4 is 17.5 Å². The summed E-state index contributed by atoms with van der Waals surface area (Å²) in [5, 5.41) is 14.2. The average molecular weight is 338 g/mol. The van der Waals surface area contributed by atoms with Crippen LogP contribution in [0.25, 0.3) is 0 Å². The number of carbonyl (C=O) groups excluding carboxylic acids is 1. The van der Waals surface area contributed by atoms with E-state index in [-0.39, 0.29) is 16.9 Å². The van der Waals surface area contributed by atoms with Gasteiger partial charge in [0.15, 0.2) is 0 Å². The predicted molar refractivity (Wildman–Crippen MR) is 84.0 cm³/mol. The number of benzene rings is 1. The zero-order valence-corrected chi connectivity index (χ0v) is 13.4. The van der Waals surface area contributed by atoms with Crippen molar-refractivity contribution in [3.8, 4) is 0 Å². The molecule has 1 N–H and O–H groups in total. The Balaban J connectivity index is 1.84. The third-order valence-corrected chi connectivity index (χ3v) is 4.36. The van der Waals surface area contributed by atoms with Crippen molar-refractivity contribution in [2.24, 2.45) is 0 Å². The van der Waals surface area contributed by atoms with Crippen molar-refractivity contribution in [3.05, 3.63) is 52.1 Å². The minimum Gasteiger partial charge on any atom is -0.391 e. The second-order valence-electron chi connectivity index (χ2n) is 5.73. The maximum Gasteiger partial charge on any atom is 0.258 e. The summed E-state index contributed by atoms with van der Waals surface area (Å²) in [5.41, 5.74) is 1.75. The van der Waals surface area contributed by atoms with Gasteiger partial charge in [0.05, 0.1) is 23.9 Å². The third-order valence-electron chi connectivity index (χ3n) is 3.98. The van der Waals surface area contributed by atoms with E-state index in [2.05, 4.69) is 5.10 Å². The summed E-state index contributed by atoms with van der Waals surface area (Å²) in [5.74, 6) is -0.519. The van der Waals surface area contributed by atoms with Gasteiger partial charge in [0.1, 0.15) is 11.0 Å². The van der Waals surface area contributed by atoms with Gasteiger partial charge in [-0.05, 0) is 31.0 Å².